The van der Waals surface area contributed by atoms with Crippen LogP contribution in [-0.2, 0) is 0 Å². The first kappa shape index (κ1) is 24.0. The molecule has 3 saturated carbocycles. The van der Waals surface area contributed by atoms with Crippen molar-refractivity contribution in [3.63, 3.8) is 0 Å². The lowest BCUT2D eigenvalue weighted by Gasteiger charge is -2.44. The molecule has 172 valence electrons. The van der Waals surface area contributed by atoms with Crippen molar-refractivity contribution in [1.29, 1.82) is 0 Å². The van der Waals surface area contributed by atoms with Crippen molar-refractivity contribution in [2.75, 3.05) is 0 Å². The van der Waals surface area contributed by atoms with Gasteiger partial charge in [-0.2, -0.15) is 0 Å². The monoisotopic (exact) mass is 418 g/mol. The minimum absolute atomic E-state index is 0.0266. The predicted octanol–water partition coefficient (Wildman–Crippen LogP) is 5.78. The van der Waals surface area contributed by atoms with Crippen molar-refractivity contribution in [1.82, 2.24) is 0 Å². The fourth-order valence-electron chi connectivity index (χ4n) is 6.88. The molecule has 3 aliphatic rings. The highest BCUT2D eigenvalue weighted by Crippen LogP contribution is 2.60. The average Bonchev–Trinajstić information content (AvgIpc) is 3.00. The molecule has 0 amide bonds. The Morgan fingerprint density at radius 3 is 2.43 bits per heavy atom. The highest BCUT2D eigenvalue weighted by molar-refractivity contribution is 5.26. The molecule has 3 N–H and O–H groups in total. The number of fused-ring (bicyclic) bond motifs is 1. The first-order valence-electron chi connectivity index (χ1n) is 12.5. The summed E-state index contributed by atoms with van der Waals surface area (Å²) in [6.07, 6.45) is 14.8. The van der Waals surface area contributed by atoms with Gasteiger partial charge in [0, 0.05) is 5.92 Å². The molecule has 3 fully saturated rings. The summed E-state index contributed by atoms with van der Waals surface area (Å²) in [5, 5.41) is 30.5. The van der Waals surface area contributed by atoms with Crippen LogP contribution in [-0.4, -0.2) is 33.1 Å². The van der Waals surface area contributed by atoms with E-state index >= 15 is 0 Å². The van der Waals surface area contributed by atoms with E-state index in [-0.39, 0.29) is 5.92 Å². The minimum atomic E-state index is -0.547. The van der Waals surface area contributed by atoms with Crippen molar-refractivity contribution < 1.29 is 15.3 Å². The molecule has 3 heteroatoms. The summed E-state index contributed by atoms with van der Waals surface area (Å²) in [5.41, 5.74) is 2.65. The summed E-state index contributed by atoms with van der Waals surface area (Å²) in [7, 11) is 0. The van der Waals surface area contributed by atoms with Crippen LogP contribution in [0.2, 0.25) is 0 Å². The van der Waals surface area contributed by atoms with Crippen molar-refractivity contribution in [3.05, 3.63) is 23.3 Å². The Hall–Kier alpha value is -0.640. The predicted molar refractivity (Wildman–Crippen MR) is 124 cm³/mol. The lowest BCUT2D eigenvalue weighted by atomic mass is 9.60. The van der Waals surface area contributed by atoms with Gasteiger partial charge in [0.25, 0.3) is 0 Å². The van der Waals surface area contributed by atoms with Gasteiger partial charge in [0.2, 0.25) is 0 Å². The van der Waals surface area contributed by atoms with Crippen LogP contribution in [0.4, 0.5) is 0 Å². The first-order valence-corrected chi connectivity index (χ1v) is 12.5. The standard InChI is InChI=1S/C27H46O3/c1-18(8-6-14-26(3,4)30)22-12-13-23-21(9-7-15-27(22,23)5)11-10-20-16-24(28)19(2)25(29)17-20/h10-11,18-19,22-25,28-30H,6-9,12-17H2,1-5H3/b20-10?,21-11+/t18?,19?,22?,23?,24-,25-,27-/m1/s1. The molecule has 0 aliphatic heterocycles. The van der Waals surface area contributed by atoms with Crippen molar-refractivity contribution in [3.8, 4) is 0 Å². The van der Waals surface area contributed by atoms with Crippen LogP contribution in [0.5, 0.6) is 0 Å². The molecule has 6 atom stereocenters. The zero-order valence-electron chi connectivity index (χ0n) is 20.0. The highest BCUT2D eigenvalue weighted by Gasteiger charge is 2.50. The van der Waals surface area contributed by atoms with Gasteiger partial charge in [0.05, 0.1) is 17.8 Å². The van der Waals surface area contributed by atoms with E-state index in [4.69, 9.17) is 0 Å². The average molecular weight is 419 g/mol. The Kier molecular flexibility index (Phi) is 7.58. The van der Waals surface area contributed by atoms with Gasteiger partial charge in [0.1, 0.15) is 0 Å². The van der Waals surface area contributed by atoms with E-state index in [0.717, 1.165) is 18.8 Å². The molecule has 0 radical (unpaired) electrons. The summed E-state index contributed by atoms with van der Waals surface area (Å²) in [6.45, 7) is 10.8. The SMILES string of the molecule is CC(CCCC(C)(C)O)C1CCC2/C(=C/C=C3C[C@@H](O)C(C)[C@H](O)C3)CCC[C@@]21C. The maximum absolute atomic E-state index is 10.2. The molecule has 0 aromatic rings. The van der Waals surface area contributed by atoms with Crippen LogP contribution < -0.4 is 0 Å². The number of aliphatic hydroxyl groups excluding tert-OH is 2. The van der Waals surface area contributed by atoms with E-state index in [1.54, 1.807) is 5.57 Å². The Bertz CT molecular complexity index is 629. The third-order valence-electron chi connectivity index (χ3n) is 8.86. The lowest BCUT2D eigenvalue weighted by Crippen LogP contribution is -2.36. The zero-order chi connectivity index (χ0) is 22.1. The van der Waals surface area contributed by atoms with Gasteiger partial charge in [-0.25, -0.2) is 0 Å². The van der Waals surface area contributed by atoms with Crippen LogP contribution in [0.1, 0.15) is 98.8 Å². The molecule has 30 heavy (non-hydrogen) atoms. The molecular formula is C27H46O3. The van der Waals surface area contributed by atoms with Gasteiger partial charge in [-0.15, -0.1) is 0 Å². The van der Waals surface area contributed by atoms with Crippen LogP contribution in [0.25, 0.3) is 0 Å². The van der Waals surface area contributed by atoms with Gasteiger partial charge < -0.3 is 15.3 Å². The topological polar surface area (TPSA) is 60.7 Å². The third kappa shape index (κ3) is 5.40. The summed E-state index contributed by atoms with van der Waals surface area (Å²) >= 11 is 0. The molecule has 0 saturated heterocycles. The second-order valence-electron chi connectivity index (χ2n) is 11.7. The summed E-state index contributed by atoms with van der Waals surface area (Å²) < 4.78 is 0. The van der Waals surface area contributed by atoms with Crippen LogP contribution in [0.15, 0.2) is 23.3 Å². The van der Waals surface area contributed by atoms with E-state index in [1.165, 1.54) is 44.1 Å². The van der Waals surface area contributed by atoms with Gasteiger partial charge in [-0.05, 0) is 88.4 Å². The highest BCUT2D eigenvalue weighted by atomic mass is 16.3. The number of hydrogen-bond acceptors (Lipinski definition) is 3. The molecule has 3 rings (SSSR count). The fraction of sp³-hybridized carbons (Fsp3) is 0.852. The quantitative estimate of drug-likeness (QED) is 0.512. The number of rotatable bonds is 6. The van der Waals surface area contributed by atoms with Crippen molar-refractivity contribution in [2.45, 2.75) is 117 Å². The van der Waals surface area contributed by atoms with Crippen molar-refractivity contribution >= 4 is 0 Å². The molecule has 0 aromatic heterocycles. The largest absolute Gasteiger partial charge is 0.392 e. The molecule has 3 aliphatic carbocycles. The second-order valence-corrected chi connectivity index (χ2v) is 11.7. The summed E-state index contributed by atoms with van der Waals surface area (Å²) in [6, 6.07) is 0. The van der Waals surface area contributed by atoms with E-state index < -0.39 is 17.8 Å². The van der Waals surface area contributed by atoms with E-state index in [0.29, 0.717) is 30.1 Å². The maximum Gasteiger partial charge on any atom is 0.0627 e. The van der Waals surface area contributed by atoms with E-state index in [2.05, 4.69) is 26.0 Å². The van der Waals surface area contributed by atoms with E-state index in [1.807, 2.05) is 20.8 Å². The molecular weight excluding hydrogens is 372 g/mol. The molecule has 3 nitrogen and oxygen atoms in total. The zero-order valence-corrected chi connectivity index (χ0v) is 20.0. The smallest absolute Gasteiger partial charge is 0.0627 e. The fourth-order valence-corrected chi connectivity index (χ4v) is 6.88. The summed E-state index contributed by atoms with van der Waals surface area (Å²) in [4.78, 5) is 0. The molecule has 0 heterocycles. The van der Waals surface area contributed by atoms with Gasteiger partial charge in [0.15, 0.2) is 0 Å². The Labute approximate surface area is 184 Å². The van der Waals surface area contributed by atoms with Gasteiger partial charge in [-0.1, -0.05) is 56.9 Å². The Morgan fingerprint density at radius 2 is 1.80 bits per heavy atom. The molecule has 0 spiro atoms. The third-order valence-corrected chi connectivity index (χ3v) is 8.86. The normalized spacial score (nSPS) is 39.8. The van der Waals surface area contributed by atoms with Crippen molar-refractivity contribution in [2.24, 2.45) is 29.1 Å². The summed E-state index contributed by atoms with van der Waals surface area (Å²) in [5.74, 6) is 2.15. The Balaban J connectivity index is 1.67. The molecule has 3 unspecified atom stereocenters. The minimum Gasteiger partial charge on any atom is -0.392 e. The van der Waals surface area contributed by atoms with Crippen LogP contribution in [0.3, 0.4) is 0 Å². The lowest BCUT2D eigenvalue weighted by molar-refractivity contribution is 0.00406. The number of aliphatic hydroxyl groups is 3. The van der Waals surface area contributed by atoms with Gasteiger partial charge >= 0.3 is 0 Å². The second kappa shape index (κ2) is 9.46. The molecule has 0 bridgehead atoms. The van der Waals surface area contributed by atoms with Gasteiger partial charge in [-0.3, -0.25) is 0 Å². The first-order chi connectivity index (χ1) is 14.0. The number of allylic oxidation sites excluding steroid dienone is 3. The van der Waals surface area contributed by atoms with E-state index in [9.17, 15) is 15.3 Å². The maximum atomic E-state index is 10.2. The Morgan fingerprint density at radius 1 is 1.13 bits per heavy atom. The van der Waals surface area contributed by atoms with Crippen LogP contribution >= 0.6 is 0 Å². The van der Waals surface area contributed by atoms with Crippen LogP contribution in [0, 0.1) is 29.1 Å². The number of hydrogen-bond donors (Lipinski definition) is 3. The molecule has 0 aromatic carbocycles.